The number of aryl methyl sites for hydroxylation is 2. The second kappa shape index (κ2) is 8.84. The van der Waals surface area contributed by atoms with Crippen LogP contribution in [0, 0.1) is 13.8 Å². The summed E-state index contributed by atoms with van der Waals surface area (Å²) in [7, 11) is 1.80. The van der Waals surface area contributed by atoms with E-state index in [1.54, 1.807) is 42.9 Å². The molecule has 9 heteroatoms. The maximum atomic E-state index is 12.0. The first-order valence-corrected chi connectivity index (χ1v) is 8.31. The van der Waals surface area contributed by atoms with E-state index in [2.05, 4.69) is 15.7 Å². The number of aromatic nitrogens is 2. The first-order valence-electron chi connectivity index (χ1n) is 8.31. The second-order valence-corrected chi connectivity index (χ2v) is 5.94. The number of carboxylic acid groups (broad SMARTS) is 1. The number of anilines is 1. The maximum Gasteiger partial charge on any atom is 0.305 e. The summed E-state index contributed by atoms with van der Waals surface area (Å²) in [4.78, 5) is 34.3. The van der Waals surface area contributed by atoms with E-state index in [0.29, 0.717) is 22.7 Å². The van der Waals surface area contributed by atoms with Crippen LogP contribution < -0.4 is 15.4 Å². The van der Waals surface area contributed by atoms with Gasteiger partial charge in [0.25, 0.3) is 11.8 Å². The lowest BCUT2D eigenvalue weighted by Crippen LogP contribution is -2.26. The minimum atomic E-state index is -0.979. The summed E-state index contributed by atoms with van der Waals surface area (Å²) in [5.74, 6) is -1.11. The number of nitrogens with zero attached hydrogens (tertiary/aromatic N) is 2. The number of carbonyl (C=O) groups is 3. The molecule has 0 unspecified atom stereocenters. The molecule has 2 amide bonds. The predicted molar refractivity (Wildman–Crippen MR) is 97.8 cm³/mol. The monoisotopic (exact) mass is 374 g/mol. The lowest BCUT2D eigenvalue weighted by Gasteiger charge is -2.09. The van der Waals surface area contributed by atoms with E-state index in [4.69, 9.17) is 9.84 Å². The zero-order valence-corrected chi connectivity index (χ0v) is 15.4. The molecule has 0 aliphatic carbocycles. The van der Waals surface area contributed by atoms with Crippen molar-refractivity contribution >= 4 is 23.5 Å². The van der Waals surface area contributed by atoms with Crippen LogP contribution in [-0.2, 0) is 16.6 Å². The van der Waals surface area contributed by atoms with Gasteiger partial charge >= 0.3 is 5.97 Å². The van der Waals surface area contributed by atoms with Crippen molar-refractivity contribution in [3.8, 4) is 5.75 Å². The number of hydrogen-bond acceptors (Lipinski definition) is 5. The third-order valence-corrected chi connectivity index (χ3v) is 3.85. The van der Waals surface area contributed by atoms with Crippen molar-refractivity contribution in [1.29, 1.82) is 0 Å². The standard InChI is InChI=1S/C18H22N4O5/c1-11-17(12(2)22(3)21-11)27-10-15(23)20-14-6-4-13(5-7-14)18(26)19-9-8-16(24)25/h4-7H,8-10H2,1-3H3,(H,19,26)(H,20,23)(H,24,25). The van der Waals surface area contributed by atoms with Gasteiger partial charge in [-0.2, -0.15) is 5.10 Å². The Balaban J connectivity index is 1.85. The second-order valence-electron chi connectivity index (χ2n) is 5.94. The Kier molecular flexibility index (Phi) is 6.53. The summed E-state index contributed by atoms with van der Waals surface area (Å²) in [6, 6.07) is 6.26. The van der Waals surface area contributed by atoms with Gasteiger partial charge in [-0.25, -0.2) is 0 Å². The minimum Gasteiger partial charge on any atom is -0.481 e. The Morgan fingerprint density at radius 1 is 1.19 bits per heavy atom. The molecule has 0 radical (unpaired) electrons. The van der Waals surface area contributed by atoms with Crippen LogP contribution in [0.15, 0.2) is 24.3 Å². The molecule has 144 valence electrons. The fourth-order valence-corrected chi connectivity index (χ4v) is 2.39. The Labute approximate surface area is 156 Å². The molecular weight excluding hydrogens is 352 g/mol. The summed E-state index contributed by atoms with van der Waals surface area (Å²) in [5.41, 5.74) is 2.43. The van der Waals surface area contributed by atoms with Crippen molar-refractivity contribution in [3.63, 3.8) is 0 Å². The fraction of sp³-hybridized carbons (Fsp3) is 0.333. The number of aliphatic carboxylic acids is 1. The first kappa shape index (κ1) is 20.0. The number of nitrogens with one attached hydrogen (secondary N) is 2. The molecule has 0 aliphatic rings. The van der Waals surface area contributed by atoms with Crippen molar-refractivity contribution in [2.24, 2.45) is 7.05 Å². The number of carboxylic acids is 1. The van der Waals surface area contributed by atoms with Crippen LogP contribution in [0.2, 0.25) is 0 Å². The quantitative estimate of drug-likeness (QED) is 0.639. The third-order valence-electron chi connectivity index (χ3n) is 3.85. The molecule has 0 spiro atoms. The van der Waals surface area contributed by atoms with Crippen molar-refractivity contribution in [3.05, 3.63) is 41.2 Å². The van der Waals surface area contributed by atoms with Gasteiger partial charge in [0.2, 0.25) is 0 Å². The fourth-order valence-electron chi connectivity index (χ4n) is 2.39. The van der Waals surface area contributed by atoms with Crippen molar-refractivity contribution in [1.82, 2.24) is 15.1 Å². The van der Waals surface area contributed by atoms with Crippen LogP contribution in [-0.4, -0.2) is 45.8 Å². The lowest BCUT2D eigenvalue weighted by atomic mass is 10.2. The lowest BCUT2D eigenvalue weighted by molar-refractivity contribution is -0.136. The van der Waals surface area contributed by atoms with E-state index in [0.717, 1.165) is 5.69 Å². The van der Waals surface area contributed by atoms with Crippen LogP contribution in [0.5, 0.6) is 5.75 Å². The van der Waals surface area contributed by atoms with Gasteiger partial charge < -0.3 is 20.5 Å². The average molecular weight is 374 g/mol. The number of carbonyl (C=O) groups excluding carboxylic acids is 2. The number of amides is 2. The molecule has 0 atom stereocenters. The van der Waals surface area contributed by atoms with Crippen LogP contribution in [0.3, 0.4) is 0 Å². The van der Waals surface area contributed by atoms with Crippen LogP contribution in [0.4, 0.5) is 5.69 Å². The van der Waals surface area contributed by atoms with Crippen molar-refractivity contribution < 1.29 is 24.2 Å². The van der Waals surface area contributed by atoms with E-state index in [1.165, 1.54) is 0 Å². The number of ether oxygens (including phenoxy) is 1. The molecular formula is C18H22N4O5. The summed E-state index contributed by atoms with van der Waals surface area (Å²) in [6.07, 6.45) is -0.143. The highest BCUT2D eigenvalue weighted by Gasteiger charge is 2.13. The Bertz CT molecular complexity index is 842. The van der Waals surface area contributed by atoms with E-state index in [9.17, 15) is 14.4 Å². The van der Waals surface area contributed by atoms with Gasteiger partial charge in [-0.05, 0) is 38.1 Å². The normalized spacial score (nSPS) is 10.3. The highest BCUT2D eigenvalue weighted by molar-refractivity contribution is 5.96. The van der Waals surface area contributed by atoms with Crippen molar-refractivity contribution in [2.45, 2.75) is 20.3 Å². The topological polar surface area (TPSA) is 123 Å². The smallest absolute Gasteiger partial charge is 0.305 e. The average Bonchev–Trinajstić information content (AvgIpc) is 2.85. The highest BCUT2D eigenvalue weighted by atomic mass is 16.5. The molecule has 9 nitrogen and oxygen atoms in total. The summed E-state index contributed by atoms with van der Waals surface area (Å²) < 4.78 is 7.22. The molecule has 27 heavy (non-hydrogen) atoms. The molecule has 1 heterocycles. The van der Waals surface area contributed by atoms with E-state index in [1.807, 2.05) is 6.92 Å². The zero-order chi connectivity index (χ0) is 20.0. The van der Waals surface area contributed by atoms with Crippen LogP contribution >= 0.6 is 0 Å². The van der Waals surface area contributed by atoms with Crippen LogP contribution in [0.1, 0.15) is 28.2 Å². The predicted octanol–water partition coefficient (Wildman–Crippen LogP) is 1.26. The Morgan fingerprint density at radius 2 is 1.85 bits per heavy atom. The molecule has 1 aromatic heterocycles. The molecule has 3 N–H and O–H groups in total. The number of benzene rings is 1. The Hall–Kier alpha value is -3.36. The van der Waals surface area contributed by atoms with Gasteiger partial charge in [-0.15, -0.1) is 0 Å². The summed E-state index contributed by atoms with van der Waals surface area (Å²) >= 11 is 0. The van der Waals surface area contributed by atoms with Gasteiger partial charge in [-0.1, -0.05) is 0 Å². The molecule has 0 aliphatic heterocycles. The van der Waals surface area contributed by atoms with Gasteiger partial charge in [0.1, 0.15) is 5.69 Å². The van der Waals surface area contributed by atoms with E-state index < -0.39 is 5.97 Å². The van der Waals surface area contributed by atoms with Crippen LogP contribution in [0.25, 0.3) is 0 Å². The molecule has 0 fully saturated rings. The Morgan fingerprint density at radius 3 is 2.41 bits per heavy atom. The molecule has 1 aromatic carbocycles. The summed E-state index contributed by atoms with van der Waals surface area (Å²) in [5, 5.41) is 18.0. The van der Waals surface area contributed by atoms with Gasteiger partial charge in [-0.3, -0.25) is 19.1 Å². The van der Waals surface area contributed by atoms with Gasteiger partial charge in [0.15, 0.2) is 12.4 Å². The van der Waals surface area contributed by atoms with Gasteiger partial charge in [0, 0.05) is 24.8 Å². The molecule has 2 aromatic rings. The minimum absolute atomic E-state index is 0.0527. The highest BCUT2D eigenvalue weighted by Crippen LogP contribution is 2.21. The summed E-state index contributed by atoms with van der Waals surface area (Å²) in [6.45, 7) is 3.55. The number of rotatable bonds is 8. The van der Waals surface area contributed by atoms with E-state index >= 15 is 0 Å². The van der Waals surface area contributed by atoms with Gasteiger partial charge in [0.05, 0.1) is 12.1 Å². The molecule has 2 rings (SSSR count). The SMILES string of the molecule is Cc1nn(C)c(C)c1OCC(=O)Nc1ccc(C(=O)NCCC(=O)O)cc1. The van der Waals surface area contributed by atoms with E-state index in [-0.39, 0.29) is 31.4 Å². The largest absolute Gasteiger partial charge is 0.481 e. The molecule has 0 saturated carbocycles. The van der Waals surface area contributed by atoms with Crippen molar-refractivity contribution in [2.75, 3.05) is 18.5 Å². The first-order chi connectivity index (χ1) is 12.8. The zero-order valence-electron chi connectivity index (χ0n) is 15.4. The number of hydrogen-bond donors (Lipinski definition) is 3. The third kappa shape index (κ3) is 5.56. The maximum absolute atomic E-state index is 12.0. The molecule has 0 saturated heterocycles. The molecule has 0 bridgehead atoms.